The van der Waals surface area contributed by atoms with Gasteiger partial charge in [0.2, 0.25) is 0 Å². The summed E-state index contributed by atoms with van der Waals surface area (Å²) >= 11 is 3.43. The average Bonchev–Trinajstić information content (AvgIpc) is 2.94. The molecule has 6 heteroatoms. The molecule has 0 aliphatic rings. The molecule has 0 amide bonds. The van der Waals surface area contributed by atoms with Crippen LogP contribution in [0.2, 0.25) is 0 Å². The molecule has 2 aromatic heterocycles. The van der Waals surface area contributed by atoms with Gasteiger partial charge in [0, 0.05) is 31.3 Å². The second-order valence-corrected chi connectivity index (χ2v) is 5.11. The van der Waals surface area contributed by atoms with Crippen molar-refractivity contribution in [3.8, 4) is 5.75 Å². The number of nitrogens with zero attached hydrogens (tertiary/aromatic N) is 4. The number of halogens is 1. The Labute approximate surface area is 125 Å². The van der Waals surface area contributed by atoms with Crippen molar-refractivity contribution in [2.75, 3.05) is 19.1 Å². The highest BCUT2D eigenvalue weighted by Gasteiger charge is 2.12. The molecule has 0 atom stereocenters. The molecular weight excluding hydrogens is 320 g/mol. The highest BCUT2D eigenvalue weighted by atomic mass is 79.9. The van der Waals surface area contributed by atoms with Crippen molar-refractivity contribution in [3.05, 3.63) is 47.5 Å². The summed E-state index contributed by atoms with van der Waals surface area (Å²) in [7, 11) is 3.62. The van der Waals surface area contributed by atoms with Crippen LogP contribution in [0.4, 0.5) is 11.5 Å². The molecule has 0 spiro atoms. The van der Waals surface area contributed by atoms with Crippen molar-refractivity contribution < 1.29 is 4.74 Å². The van der Waals surface area contributed by atoms with Crippen LogP contribution < -0.4 is 9.64 Å². The van der Waals surface area contributed by atoms with Crippen molar-refractivity contribution in [2.45, 2.75) is 0 Å². The summed E-state index contributed by atoms with van der Waals surface area (Å²) in [6.07, 6.45) is 5.54. The Hall–Kier alpha value is -2.08. The fraction of sp³-hybridized carbons (Fsp3) is 0.143. The van der Waals surface area contributed by atoms with Gasteiger partial charge < -0.3 is 14.0 Å². The van der Waals surface area contributed by atoms with Gasteiger partial charge in [0.1, 0.15) is 10.4 Å². The molecule has 0 aliphatic heterocycles. The molecule has 0 saturated carbocycles. The van der Waals surface area contributed by atoms with Crippen LogP contribution in [0, 0.1) is 0 Å². The molecule has 1 aromatic carbocycles. The maximum atomic E-state index is 5.17. The number of fused-ring (bicyclic) bond motifs is 1. The number of hydrogen-bond acceptors (Lipinski definition) is 4. The minimum Gasteiger partial charge on any atom is -0.497 e. The largest absolute Gasteiger partial charge is 0.497 e. The number of rotatable bonds is 3. The molecule has 2 heterocycles. The Bertz CT molecular complexity index is 739. The standard InChI is InChI=1S/C14H13BrN4O/c1-18(10-3-5-11(20-2)6-4-10)14-13-16-7-8-19(13)9-12(15)17-14/h3-9H,1-2H3. The number of aromatic nitrogens is 3. The number of hydrogen-bond donors (Lipinski definition) is 0. The second-order valence-electron chi connectivity index (χ2n) is 4.30. The van der Waals surface area contributed by atoms with E-state index in [1.54, 1.807) is 13.3 Å². The molecule has 102 valence electrons. The molecule has 5 nitrogen and oxygen atoms in total. The molecule has 20 heavy (non-hydrogen) atoms. The van der Waals surface area contributed by atoms with Gasteiger partial charge in [-0.25, -0.2) is 9.97 Å². The normalized spacial score (nSPS) is 10.8. The first kappa shape index (κ1) is 12.9. The Balaban J connectivity index is 2.06. The maximum absolute atomic E-state index is 5.17. The molecule has 0 unspecified atom stereocenters. The SMILES string of the molecule is COc1ccc(N(C)c2nc(Br)cn3ccnc23)cc1. The zero-order valence-corrected chi connectivity index (χ0v) is 12.7. The van der Waals surface area contributed by atoms with E-state index in [9.17, 15) is 0 Å². The van der Waals surface area contributed by atoms with E-state index in [0.717, 1.165) is 27.5 Å². The summed E-state index contributed by atoms with van der Waals surface area (Å²) < 4.78 is 7.87. The first-order chi connectivity index (χ1) is 9.69. The zero-order chi connectivity index (χ0) is 14.1. The number of anilines is 2. The smallest absolute Gasteiger partial charge is 0.180 e. The summed E-state index contributed by atoms with van der Waals surface area (Å²) in [4.78, 5) is 10.9. The fourth-order valence-electron chi connectivity index (χ4n) is 2.04. The highest BCUT2D eigenvalue weighted by Crippen LogP contribution is 2.27. The van der Waals surface area contributed by atoms with Crippen molar-refractivity contribution in [3.63, 3.8) is 0 Å². The van der Waals surface area contributed by atoms with E-state index >= 15 is 0 Å². The molecule has 0 aliphatic carbocycles. The minimum absolute atomic E-state index is 0.762. The monoisotopic (exact) mass is 332 g/mol. The van der Waals surface area contributed by atoms with Crippen LogP contribution in [-0.2, 0) is 0 Å². The third-order valence-corrected chi connectivity index (χ3v) is 3.49. The van der Waals surface area contributed by atoms with Crippen LogP contribution in [-0.4, -0.2) is 28.5 Å². The van der Waals surface area contributed by atoms with Crippen LogP contribution in [0.3, 0.4) is 0 Å². The van der Waals surface area contributed by atoms with Crippen LogP contribution in [0.15, 0.2) is 47.5 Å². The molecule has 3 aromatic rings. The van der Waals surface area contributed by atoms with Crippen molar-refractivity contribution in [1.82, 2.24) is 14.4 Å². The van der Waals surface area contributed by atoms with E-state index in [4.69, 9.17) is 4.74 Å². The van der Waals surface area contributed by atoms with Gasteiger partial charge >= 0.3 is 0 Å². The van der Waals surface area contributed by atoms with Gasteiger partial charge in [-0.3, -0.25) is 0 Å². The van der Waals surface area contributed by atoms with E-state index in [-0.39, 0.29) is 0 Å². The van der Waals surface area contributed by atoms with Crippen LogP contribution in [0.5, 0.6) is 5.75 Å². The Morgan fingerprint density at radius 1 is 1.25 bits per heavy atom. The number of benzene rings is 1. The molecule has 0 radical (unpaired) electrons. The predicted octanol–water partition coefficient (Wildman–Crippen LogP) is 3.27. The van der Waals surface area contributed by atoms with Crippen molar-refractivity contribution in [1.29, 1.82) is 0 Å². The molecule has 0 fully saturated rings. The van der Waals surface area contributed by atoms with E-state index in [1.807, 2.05) is 53.0 Å². The van der Waals surface area contributed by atoms with Crippen molar-refractivity contribution in [2.24, 2.45) is 0 Å². The molecule has 0 bridgehead atoms. The lowest BCUT2D eigenvalue weighted by atomic mass is 10.3. The van der Waals surface area contributed by atoms with Crippen LogP contribution in [0.25, 0.3) is 5.65 Å². The van der Waals surface area contributed by atoms with Crippen LogP contribution >= 0.6 is 15.9 Å². The quantitative estimate of drug-likeness (QED) is 0.738. The average molecular weight is 333 g/mol. The second kappa shape index (κ2) is 5.13. The van der Waals surface area contributed by atoms with Crippen molar-refractivity contribution >= 4 is 33.1 Å². The summed E-state index contributed by atoms with van der Waals surface area (Å²) in [5.41, 5.74) is 1.83. The van der Waals surface area contributed by atoms with E-state index in [2.05, 4.69) is 25.9 Å². The van der Waals surface area contributed by atoms with Gasteiger partial charge in [0.25, 0.3) is 0 Å². The molecule has 0 N–H and O–H groups in total. The Kier molecular flexibility index (Phi) is 3.31. The van der Waals surface area contributed by atoms with E-state index < -0.39 is 0 Å². The zero-order valence-electron chi connectivity index (χ0n) is 11.1. The van der Waals surface area contributed by atoms with Gasteiger partial charge in [0.05, 0.1) is 7.11 Å². The number of imidazole rings is 1. The lowest BCUT2D eigenvalue weighted by Gasteiger charge is -2.19. The van der Waals surface area contributed by atoms with Gasteiger partial charge in [-0.05, 0) is 40.2 Å². The predicted molar refractivity (Wildman–Crippen MR) is 81.7 cm³/mol. The first-order valence-corrected chi connectivity index (χ1v) is 6.85. The maximum Gasteiger partial charge on any atom is 0.180 e. The summed E-state index contributed by atoms with van der Waals surface area (Å²) in [6, 6.07) is 7.82. The summed E-state index contributed by atoms with van der Waals surface area (Å²) in [6.45, 7) is 0. The topological polar surface area (TPSA) is 42.7 Å². The third kappa shape index (κ3) is 2.22. The molecule has 0 saturated heterocycles. The lowest BCUT2D eigenvalue weighted by molar-refractivity contribution is 0.415. The highest BCUT2D eigenvalue weighted by molar-refractivity contribution is 9.10. The van der Waals surface area contributed by atoms with Crippen LogP contribution in [0.1, 0.15) is 0 Å². The minimum atomic E-state index is 0.762. The fourth-order valence-corrected chi connectivity index (χ4v) is 2.43. The summed E-state index contributed by atoms with van der Waals surface area (Å²) in [5, 5.41) is 0. The lowest BCUT2D eigenvalue weighted by Crippen LogP contribution is -2.13. The number of methoxy groups -OCH3 is 1. The summed E-state index contributed by atoms with van der Waals surface area (Å²) in [5.74, 6) is 1.62. The number of ether oxygens (including phenoxy) is 1. The van der Waals surface area contributed by atoms with Gasteiger partial charge in [0.15, 0.2) is 11.5 Å². The third-order valence-electron chi connectivity index (χ3n) is 3.10. The van der Waals surface area contributed by atoms with E-state index in [0.29, 0.717) is 0 Å². The molecular formula is C14H13BrN4O. The Morgan fingerprint density at radius 3 is 2.70 bits per heavy atom. The van der Waals surface area contributed by atoms with Gasteiger partial charge in [-0.1, -0.05) is 0 Å². The molecule has 3 rings (SSSR count). The van der Waals surface area contributed by atoms with E-state index in [1.165, 1.54) is 0 Å². The van der Waals surface area contributed by atoms with Gasteiger partial charge in [-0.2, -0.15) is 0 Å². The Morgan fingerprint density at radius 2 is 2.00 bits per heavy atom. The first-order valence-electron chi connectivity index (χ1n) is 6.06. The van der Waals surface area contributed by atoms with Gasteiger partial charge in [-0.15, -0.1) is 0 Å².